The zero-order chi connectivity index (χ0) is 16.4. The van der Waals surface area contributed by atoms with Crippen LogP contribution in [0.15, 0.2) is 0 Å². The molecule has 0 aromatic rings. The van der Waals surface area contributed by atoms with Crippen molar-refractivity contribution in [3.8, 4) is 0 Å². The number of nitrogens with two attached hydrogens (primary N) is 2. The topological polar surface area (TPSA) is 105 Å². The first-order chi connectivity index (χ1) is 9.79. The van der Waals surface area contributed by atoms with E-state index >= 15 is 0 Å². The highest BCUT2D eigenvalue weighted by Gasteiger charge is 2.22. The van der Waals surface area contributed by atoms with Crippen LogP contribution in [0.2, 0.25) is 0 Å². The molecule has 0 rings (SSSR count). The van der Waals surface area contributed by atoms with Gasteiger partial charge in [-0.3, -0.25) is 9.59 Å². The minimum atomic E-state index is -0.635. The van der Waals surface area contributed by atoms with E-state index in [9.17, 15) is 9.59 Å². The van der Waals surface area contributed by atoms with E-state index < -0.39 is 12.1 Å². The van der Waals surface area contributed by atoms with E-state index in [1.54, 1.807) is 6.92 Å². The van der Waals surface area contributed by atoms with Gasteiger partial charge in [-0.15, -0.1) is 0 Å². The summed E-state index contributed by atoms with van der Waals surface area (Å²) in [6.45, 7) is 8.26. The zero-order valence-electron chi connectivity index (χ0n) is 13.6. The number of rotatable bonds is 10. The summed E-state index contributed by atoms with van der Waals surface area (Å²) in [5.74, 6) is -0.422. The Labute approximate surface area is 127 Å². The highest BCUT2D eigenvalue weighted by Crippen LogP contribution is 2.11. The molecule has 0 saturated carbocycles. The Balaban J connectivity index is 3.89. The molecule has 0 amide bonds. The van der Waals surface area contributed by atoms with E-state index in [1.165, 1.54) is 0 Å². The van der Waals surface area contributed by atoms with Crippen molar-refractivity contribution in [2.24, 2.45) is 23.3 Å². The lowest BCUT2D eigenvalue weighted by molar-refractivity contribution is -0.147. The first-order valence-electron chi connectivity index (χ1n) is 7.64. The molecule has 0 bridgehead atoms. The van der Waals surface area contributed by atoms with E-state index in [0.717, 1.165) is 0 Å². The summed E-state index contributed by atoms with van der Waals surface area (Å²) in [6, 6.07) is -1.20. The van der Waals surface area contributed by atoms with Gasteiger partial charge in [-0.25, -0.2) is 0 Å². The van der Waals surface area contributed by atoms with E-state index in [2.05, 4.69) is 0 Å². The predicted molar refractivity (Wildman–Crippen MR) is 81.4 cm³/mol. The van der Waals surface area contributed by atoms with Crippen molar-refractivity contribution in [2.45, 2.75) is 59.0 Å². The molecule has 0 aromatic carbocycles. The van der Waals surface area contributed by atoms with Crippen LogP contribution >= 0.6 is 0 Å². The minimum absolute atomic E-state index is 0.0212. The maximum atomic E-state index is 11.6. The third-order valence-electron chi connectivity index (χ3n) is 3.25. The fraction of sp³-hybridized carbons (Fsp3) is 0.867. The third-order valence-corrected chi connectivity index (χ3v) is 3.25. The molecule has 6 heteroatoms. The van der Waals surface area contributed by atoms with Crippen LogP contribution in [0.25, 0.3) is 0 Å². The summed E-state index contributed by atoms with van der Waals surface area (Å²) in [5, 5.41) is 0. The quantitative estimate of drug-likeness (QED) is 0.464. The molecular weight excluding hydrogens is 272 g/mol. The summed E-state index contributed by atoms with van der Waals surface area (Å²) in [7, 11) is 0. The molecule has 6 nitrogen and oxygen atoms in total. The Morgan fingerprint density at radius 3 is 2.19 bits per heavy atom. The van der Waals surface area contributed by atoms with Crippen molar-refractivity contribution in [1.82, 2.24) is 0 Å². The number of esters is 2. The van der Waals surface area contributed by atoms with Crippen LogP contribution in [0.3, 0.4) is 0 Å². The standard InChI is InChI=1S/C15H30N2O4/c1-5-20-15(19)13(17)11(4)7-6-8-21-14(18)12(16)9-10(2)3/h10-13H,5-9,16-17H2,1-4H3/t11?,12-,13-/m0/s1. The molecule has 124 valence electrons. The monoisotopic (exact) mass is 302 g/mol. The third kappa shape index (κ3) is 8.67. The normalized spacial score (nSPS) is 15.4. The number of ether oxygens (including phenoxy) is 2. The van der Waals surface area contributed by atoms with Crippen LogP contribution in [-0.4, -0.2) is 37.2 Å². The molecule has 0 aromatic heterocycles. The van der Waals surface area contributed by atoms with E-state index in [-0.39, 0.29) is 17.9 Å². The van der Waals surface area contributed by atoms with Crippen molar-refractivity contribution in [1.29, 1.82) is 0 Å². The number of carbonyl (C=O) groups excluding carboxylic acids is 2. The molecule has 0 heterocycles. The number of hydrogen-bond acceptors (Lipinski definition) is 6. The molecule has 21 heavy (non-hydrogen) atoms. The highest BCUT2D eigenvalue weighted by molar-refractivity contribution is 5.76. The predicted octanol–water partition coefficient (Wildman–Crippen LogP) is 1.21. The number of hydrogen-bond donors (Lipinski definition) is 2. The van der Waals surface area contributed by atoms with Gasteiger partial charge in [-0.05, 0) is 38.0 Å². The zero-order valence-corrected chi connectivity index (χ0v) is 13.6. The maximum absolute atomic E-state index is 11.6. The van der Waals surface area contributed by atoms with Crippen LogP contribution in [0.1, 0.15) is 47.0 Å². The van der Waals surface area contributed by atoms with Crippen molar-refractivity contribution in [3.63, 3.8) is 0 Å². The van der Waals surface area contributed by atoms with Crippen molar-refractivity contribution < 1.29 is 19.1 Å². The van der Waals surface area contributed by atoms with Gasteiger partial charge >= 0.3 is 11.9 Å². The van der Waals surface area contributed by atoms with Crippen molar-refractivity contribution in [2.75, 3.05) is 13.2 Å². The minimum Gasteiger partial charge on any atom is -0.465 e. The van der Waals surface area contributed by atoms with Crippen LogP contribution < -0.4 is 11.5 Å². The second kappa shape index (κ2) is 10.6. The summed E-state index contributed by atoms with van der Waals surface area (Å²) in [6.07, 6.45) is 1.95. The summed E-state index contributed by atoms with van der Waals surface area (Å²) in [5.41, 5.74) is 11.5. The molecule has 4 N–H and O–H groups in total. The first-order valence-corrected chi connectivity index (χ1v) is 7.64. The molecule has 0 spiro atoms. The molecular formula is C15H30N2O4. The van der Waals surface area contributed by atoms with Gasteiger partial charge in [0.15, 0.2) is 0 Å². The lowest BCUT2D eigenvalue weighted by Crippen LogP contribution is -2.38. The van der Waals surface area contributed by atoms with E-state index in [0.29, 0.717) is 38.4 Å². The second-order valence-electron chi connectivity index (χ2n) is 5.80. The Hall–Kier alpha value is -1.14. The lowest BCUT2D eigenvalue weighted by Gasteiger charge is -2.18. The Morgan fingerprint density at radius 2 is 1.67 bits per heavy atom. The SMILES string of the molecule is CCOC(=O)[C@@H](N)C(C)CCCOC(=O)[C@@H](N)CC(C)C. The first kappa shape index (κ1) is 19.9. The van der Waals surface area contributed by atoms with Crippen molar-refractivity contribution >= 4 is 11.9 Å². The van der Waals surface area contributed by atoms with Gasteiger partial charge in [0.1, 0.15) is 12.1 Å². The Kier molecular flexibility index (Phi) is 9.99. The molecule has 0 fully saturated rings. The molecule has 0 saturated heterocycles. The summed E-state index contributed by atoms with van der Waals surface area (Å²) < 4.78 is 9.99. The average Bonchev–Trinajstić information content (AvgIpc) is 2.41. The maximum Gasteiger partial charge on any atom is 0.323 e. The fourth-order valence-corrected chi connectivity index (χ4v) is 1.94. The summed E-state index contributed by atoms with van der Waals surface area (Å²) in [4.78, 5) is 23.1. The largest absolute Gasteiger partial charge is 0.465 e. The molecule has 0 aliphatic carbocycles. The van der Waals surface area contributed by atoms with Crippen LogP contribution in [-0.2, 0) is 19.1 Å². The van der Waals surface area contributed by atoms with Gasteiger partial charge < -0.3 is 20.9 Å². The smallest absolute Gasteiger partial charge is 0.323 e. The van der Waals surface area contributed by atoms with Gasteiger partial charge in [-0.2, -0.15) is 0 Å². The second-order valence-corrected chi connectivity index (χ2v) is 5.80. The molecule has 0 radical (unpaired) electrons. The average molecular weight is 302 g/mol. The lowest BCUT2D eigenvalue weighted by atomic mass is 9.97. The van der Waals surface area contributed by atoms with E-state index in [1.807, 2.05) is 20.8 Å². The van der Waals surface area contributed by atoms with Crippen LogP contribution in [0.4, 0.5) is 0 Å². The van der Waals surface area contributed by atoms with Gasteiger partial charge in [0.05, 0.1) is 13.2 Å². The molecule has 0 aliphatic rings. The van der Waals surface area contributed by atoms with Gasteiger partial charge in [-0.1, -0.05) is 20.8 Å². The Morgan fingerprint density at radius 1 is 1.05 bits per heavy atom. The van der Waals surface area contributed by atoms with Crippen LogP contribution in [0, 0.1) is 11.8 Å². The summed E-state index contributed by atoms with van der Waals surface area (Å²) >= 11 is 0. The van der Waals surface area contributed by atoms with E-state index in [4.69, 9.17) is 20.9 Å². The van der Waals surface area contributed by atoms with Gasteiger partial charge in [0.25, 0.3) is 0 Å². The fourth-order valence-electron chi connectivity index (χ4n) is 1.94. The highest BCUT2D eigenvalue weighted by atomic mass is 16.5. The van der Waals surface area contributed by atoms with Gasteiger partial charge in [0.2, 0.25) is 0 Å². The van der Waals surface area contributed by atoms with Gasteiger partial charge in [0, 0.05) is 0 Å². The molecule has 3 atom stereocenters. The molecule has 1 unspecified atom stereocenters. The van der Waals surface area contributed by atoms with Crippen molar-refractivity contribution in [3.05, 3.63) is 0 Å². The Bertz CT molecular complexity index is 321. The van der Waals surface area contributed by atoms with Crippen LogP contribution in [0.5, 0.6) is 0 Å². The number of carbonyl (C=O) groups is 2. The molecule has 0 aliphatic heterocycles.